The highest BCUT2D eigenvalue weighted by Gasteiger charge is 2.04. The molecule has 0 saturated carbocycles. The molecule has 0 aliphatic rings. The number of nitrogens with one attached hydrogen (secondary N) is 1. The molecule has 0 atom stereocenters. The summed E-state index contributed by atoms with van der Waals surface area (Å²) < 4.78 is 17.9. The average molecular weight is 214 g/mol. The molecule has 0 aromatic carbocycles. The molecule has 1 aromatic rings. The summed E-state index contributed by atoms with van der Waals surface area (Å²) in [5.41, 5.74) is -1.98. The second-order valence-corrected chi connectivity index (χ2v) is 2.50. The number of aromatic nitrogens is 2. The molecule has 0 unspecified atom stereocenters. The SMILES string of the molecule is C=CC(=O)OCn1cc(F)c(=O)[nH]c1=O. The van der Waals surface area contributed by atoms with Crippen molar-refractivity contribution in [2.24, 2.45) is 0 Å². The topological polar surface area (TPSA) is 81.2 Å². The van der Waals surface area contributed by atoms with Crippen LogP contribution in [0.25, 0.3) is 0 Å². The van der Waals surface area contributed by atoms with Gasteiger partial charge in [-0.25, -0.2) is 9.59 Å². The number of rotatable bonds is 3. The van der Waals surface area contributed by atoms with Crippen LogP contribution in [0.5, 0.6) is 0 Å². The van der Waals surface area contributed by atoms with Gasteiger partial charge in [0.1, 0.15) is 0 Å². The number of hydrogen-bond donors (Lipinski definition) is 1. The van der Waals surface area contributed by atoms with Gasteiger partial charge >= 0.3 is 11.7 Å². The third-order valence-electron chi connectivity index (χ3n) is 1.48. The Hall–Kier alpha value is -2.18. The number of ether oxygens (including phenoxy) is 1. The third kappa shape index (κ3) is 2.63. The first-order chi connectivity index (χ1) is 7.04. The van der Waals surface area contributed by atoms with Crippen LogP contribution in [0, 0.1) is 5.82 Å². The lowest BCUT2D eigenvalue weighted by atomic mass is 10.6. The molecule has 0 amide bonds. The Morgan fingerprint density at radius 2 is 2.33 bits per heavy atom. The summed E-state index contributed by atoms with van der Waals surface area (Å²) in [7, 11) is 0. The van der Waals surface area contributed by atoms with Gasteiger partial charge in [0.05, 0.1) is 6.20 Å². The molecule has 7 heteroatoms. The molecule has 6 nitrogen and oxygen atoms in total. The molecule has 0 aliphatic carbocycles. The van der Waals surface area contributed by atoms with Crippen molar-refractivity contribution in [1.29, 1.82) is 0 Å². The zero-order chi connectivity index (χ0) is 11.4. The van der Waals surface area contributed by atoms with Crippen LogP contribution in [0.4, 0.5) is 4.39 Å². The van der Waals surface area contributed by atoms with Crippen LogP contribution in [-0.4, -0.2) is 15.5 Å². The standard InChI is InChI=1S/C8H7FN2O4/c1-2-6(12)15-4-11-3-5(9)7(13)10-8(11)14/h2-3H,1,4H2,(H,10,13,14). The maximum absolute atomic E-state index is 12.7. The smallest absolute Gasteiger partial charge is 0.331 e. The van der Waals surface area contributed by atoms with Gasteiger partial charge in [-0.15, -0.1) is 0 Å². The molecule has 1 heterocycles. The maximum atomic E-state index is 12.7. The van der Waals surface area contributed by atoms with Gasteiger partial charge in [-0.2, -0.15) is 4.39 Å². The van der Waals surface area contributed by atoms with Crippen LogP contribution in [0.3, 0.4) is 0 Å². The number of esters is 1. The molecule has 1 aromatic heterocycles. The van der Waals surface area contributed by atoms with Gasteiger partial charge in [0.2, 0.25) is 5.82 Å². The minimum absolute atomic E-state index is 0.489. The average Bonchev–Trinajstić information content (AvgIpc) is 2.21. The molecule has 0 saturated heterocycles. The molecule has 1 rings (SSSR count). The van der Waals surface area contributed by atoms with Crippen LogP contribution in [-0.2, 0) is 16.3 Å². The van der Waals surface area contributed by atoms with E-state index in [1.807, 2.05) is 0 Å². The third-order valence-corrected chi connectivity index (χ3v) is 1.48. The summed E-state index contributed by atoms with van der Waals surface area (Å²) in [6, 6.07) is 0. The minimum Gasteiger partial charge on any atom is -0.441 e. The zero-order valence-electron chi connectivity index (χ0n) is 7.53. The van der Waals surface area contributed by atoms with E-state index in [0.717, 1.165) is 6.08 Å². The van der Waals surface area contributed by atoms with E-state index in [2.05, 4.69) is 11.3 Å². The number of aromatic amines is 1. The lowest BCUT2D eigenvalue weighted by Crippen LogP contribution is -2.32. The van der Waals surface area contributed by atoms with E-state index in [-0.39, 0.29) is 0 Å². The van der Waals surface area contributed by atoms with Gasteiger partial charge in [-0.1, -0.05) is 6.58 Å². The van der Waals surface area contributed by atoms with E-state index < -0.39 is 29.8 Å². The van der Waals surface area contributed by atoms with Crippen LogP contribution in [0.15, 0.2) is 28.4 Å². The van der Waals surface area contributed by atoms with Crippen LogP contribution >= 0.6 is 0 Å². The zero-order valence-corrected chi connectivity index (χ0v) is 7.53. The van der Waals surface area contributed by atoms with Crippen molar-refractivity contribution in [3.63, 3.8) is 0 Å². The van der Waals surface area contributed by atoms with Gasteiger partial charge in [0, 0.05) is 6.08 Å². The van der Waals surface area contributed by atoms with E-state index in [1.165, 1.54) is 0 Å². The van der Waals surface area contributed by atoms with Gasteiger partial charge < -0.3 is 4.74 Å². The van der Waals surface area contributed by atoms with Crippen molar-refractivity contribution in [1.82, 2.24) is 9.55 Å². The Morgan fingerprint density at radius 1 is 1.67 bits per heavy atom. The highest BCUT2D eigenvalue weighted by Crippen LogP contribution is 1.87. The number of carbonyl (C=O) groups is 1. The Kier molecular flexibility index (Phi) is 3.17. The lowest BCUT2D eigenvalue weighted by Gasteiger charge is -2.04. The Morgan fingerprint density at radius 3 is 2.93 bits per heavy atom. The number of halogens is 1. The van der Waals surface area contributed by atoms with Crippen molar-refractivity contribution in [2.45, 2.75) is 6.73 Å². The molecule has 0 radical (unpaired) electrons. The van der Waals surface area contributed by atoms with Gasteiger partial charge in [0.25, 0.3) is 5.56 Å². The molecule has 1 N–H and O–H groups in total. The summed E-state index contributed by atoms with van der Waals surface area (Å²) in [6.07, 6.45) is 1.55. The molecule has 0 spiro atoms. The van der Waals surface area contributed by atoms with Gasteiger partial charge in [0.15, 0.2) is 6.73 Å². The lowest BCUT2D eigenvalue weighted by molar-refractivity contribution is -0.141. The van der Waals surface area contributed by atoms with Gasteiger partial charge in [-0.05, 0) is 0 Å². The fourth-order valence-electron chi connectivity index (χ4n) is 0.771. The largest absolute Gasteiger partial charge is 0.441 e. The molecule has 80 valence electrons. The monoisotopic (exact) mass is 214 g/mol. The van der Waals surface area contributed by atoms with Crippen molar-refractivity contribution in [2.75, 3.05) is 0 Å². The fraction of sp³-hybridized carbons (Fsp3) is 0.125. The maximum Gasteiger partial charge on any atom is 0.331 e. The number of H-pyrrole nitrogens is 1. The first-order valence-electron chi connectivity index (χ1n) is 3.83. The second kappa shape index (κ2) is 4.36. The van der Waals surface area contributed by atoms with Crippen LogP contribution in [0.1, 0.15) is 0 Å². The predicted octanol–water partition coefficient (Wildman–Crippen LogP) is -0.638. The van der Waals surface area contributed by atoms with E-state index in [9.17, 15) is 18.8 Å². The van der Waals surface area contributed by atoms with Crippen molar-refractivity contribution >= 4 is 5.97 Å². The van der Waals surface area contributed by atoms with E-state index >= 15 is 0 Å². The fourth-order valence-corrected chi connectivity index (χ4v) is 0.771. The van der Waals surface area contributed by atoms with Crippen LogP contribution < -0.4 is 11.2 Å². The van der Waals surface area contributed by atoms with E-state index in [0.29, 0.717) is 10.8 Å². The van der Waals surface area contributed by atoms with E-state index in [4.69, 9.17) is 0 Å². The molecule has 0 fully saturated rings. The normalized spacial score (nSPS) is 9.67. The highest BCUT2D eigenvalue weighted by atomic mass is 19.1. The summed E-state index contributed by atoms with van der Waals surface area (Å²) in [5.74, 6) is -1.89. The predicted molar refractivity (Wildman–Crippen MR) is 47.6 cm³/mol. The number of hydrogen-bond acceptors (Lipinski definition) is 4. The quantitative estimate of drug-likeness (QED) is 0.536. The highest BCUT2D eigenvalue weighted by molar-refractivity contribution is 5.80. The second-order valence-electron chi connectivity index (χ2n) is 2.50. The summed E-state index contributed by atoms with van der Waals surface area (Å²) in [6.45, 7) is 2.64. The first-order valence-corrected chi connectivity index (χ1v) is 3.83. The Balaban J connectivity index is 2.91. The summed E-state index contributed by atoms with van der Waals surface area (Å²) >= 11 is 0. The molecular formula is C8H7FN2O4. The molecule has 15 heavy (non-hydrogen) atoms. The molecular weight excluding hydrogens is 207 g/mol. The number of carbonyl (C=O) groups excluding carboxylic acids is 1. The summed E-state index contributed by atoms with van der Waals surface area (Å²) in [4.78, 5) is 34.0. The van der Waals surface area contributed by atoms with Crippen LogP contribution in [0.2, 0.25) is 0 Å². The van der Waals surface area contributed by atoms with Crippen molar-refractivity contribution in [3.8, 4) is 0 Å². The Bertz CT molecular complexity index is 502. The minimum atomic E-state index is -1.13. The van der Waals surface area contributed by atoms with E-state index in [1.54, 1.807) is 4.98 Å². The van der Waals surface area contributed by atoms with Crippen molar-refractivity contribution in [3.05, 3.63) is 45.5 Å². The van der Waals surface area contributed by atoms with Crippen molar-refractivity contribution < 1.29 is 13.9 Å². The molecule has 0 bridgehead atoms. The number of nitrogens with zero attached hydrogens (tertiary/aromatic N) is 1. The summed E-state index contributed by atoms with van der Waals surface area (Å²) in [5, 5.41) is 0. The molecule has 0 aliphatic heterocycles. The Labute approximate surface area is 82.6 Å². The van der Waals surface area contributed by atoms with Gasteiger partial charge in [-0.3, -0.25) is 14.3 Å². The first kappa shape index (κ1) is 10.9.